The number of halogens is 1. The van der Waals surface area contributed by atoms with Gasteiger partial charge in [0.2, 0.25) is 0 Å². The lowest BCUT2D eigenvalue weighted by Crippen LogP contribution is -2.23. The SMILES string of the molecule is COc1ccccc1C(=O)n1nc(-c2cn(CC(=O)c3ccoc3)c(=O)cc2OC)cc1NCc1ccc(Cl)s1. The van der Waals surface area contributed by atoms with Crippen LogP contribution in [0.3, 0.4) is 0 Å². The summed E-state index contributed by atoms with van der Waals surface area (Å²) in [5.74, 6) is 0.288. The molecule has 0 unspecified atom stereocenters. The smallest absolute Gasteiger partial charge is 0.283 e. The van der Waals surface area contributed by atoms with Gasteiger partial charge in [-0.1, -0.05) is 23.7 Å². The first-order valence-corrected chi connectivity index (χ1v) is 13.2. The van der Waals surface area contributed by atoms with Crippen molar-refractivity contribution in [1.29, 1.82) is 0 Å². The van der Waals surface area contributed by atoms with Crippen LogP contribution in [0.25, 0.3) is 11.3 Å². The van der Waals surface area contributed by atoms with E-state index in [4.69, 9.17) is 25.5 Å². The van der Waals surface area contributed by atoms with Gasteiger partial charge in [-0.25, -0.2) is 0 Å². The molecule has 40 heavy (non-hydrogen) atoms. The summed E-state index contributed by atoms with van der Waals surface area (Å²) >= 11 is 7.50. The number of Topliss-reactive ketones (excluding diaryl/α,β-unsaturated/α-hetero) is 1. The summed E-state index contributed by atoms with van der Waals surface area (Å²) in [6, 6.07) is 15.0. The number of methoxy groups -OCH3 is 2. The number of carbonyl (C=O) groups is 2. The number of pyridine rings is 1. The highest BCUT2D eigenvalue weighted by Crippen LogP contribution is 2.31. The maximum Gasteiger partial charge on any atom is 0.283 e. The number of benzene rings is 1. The topological polar surface area (TPSA) is 118 Å². The number of furan rings is 1. The average Bonchev–Trinajstić information content (AvgIpc) is 3.74. The number of anilines is 1. The van der Waals surface area contributed by atoms with E-state index >= 15 is 0 Å². The third kappa shape index (κ3) is 5.56. The van der Waals surface area contributed by atoms with Crippen LogP contribution in [0.5, 0.6) is 11.5 Å². The number of nitrogens with one attached hydrogen (secondary N) is 1. The fraction of sp³-hybridized carbons (Fsp3) is 0.143. The van der Waals surface area contributed by atoms with Crippen LogP contribution in [0.2, 0.25) is 4.34 Å². The Balaban J connectivity index is 1.57. The summed E-state index contributed by atoms with van der Waals surface area (Å²) in [7, 11) is 2.91. The molecule has 0 atom stereocenters. The van der Waals surface area contributed by atoms with Crippen molar-refractivity contribution >= 4 is 40.4 Å². The summed E-state index contributed by atoms with van der Waals surface area (Å²) < 4.78 is 19.0. The zero-order valence-electron chi connectivity index (χ0n) is 21.4. The highest BCUT2D eigenvalue weighted by molar-refractivity contribution is 7.16. The minimum absolute atomic E-state index is 0.222. The number of thiophene rings is 1. The maximum absolute atomic E-state index is 13.7. The van der Waals surface area contributed by atoms with E-state index in [1.54, 1.807) is 36.4 Å². The molecule has 0 fully saturated rings. The number of para-hydroxylation sites is 1. The fourth-order valence-electron chi connectivity index (χ4n) is 4.06. The Kier molecular flexibility index (Phi) is 7.85. The second-order valence-corrected chi connectivity index (χ2v) is 10.3. The van der Waals surface area contributed by atoms with Crippen LogP contribution in [0, 0.1) is 0 Å². The predicted molar refractivity (Wildman–Crippen MR) is 151 cm³/mol. The molecule has 204 valence electrons. The Morgan fingerprint density at radius 3 is 2.58 bits per heavy atom. The van der Waals surface area contributed by atoms with Gasteiger partial charge in [-0.15, -0.1) is 11.3 Å². The molecule has 0 amide bonds. The largest absolute Gasteiger partial charge is 0.496 e. The quantitative estimate of drug-likeness (QED) is 0.224. The van der Waals surface area contributed by atoms with Crippen LogP contribution >= 0.6 is 22.9 Å². The molecule has 0 saturated carbocycles. The molecule has 1 N–H and O–H groups in total. The molecule has 12 heteroatoms. The second-order valence-electron chi connectivity index (χ2n) is 8.55. The molecule has 0 aliphatic heterocycles. The van der Waals surface area contributed by atoms with Gasteiger partial charge < -0.3 is 23.8 Å². The molecular formula is C28H23ClN4O6S. The third-order valence-electron chi connectivity index (χ3n) is 6.05. The molecular weight excluding hydrogens is 556 g/mol. The van der Waals surface area contributed by atoms with Gasteiger partial charge in [0.15, 0.2) is 5.78 Å². The zero-order valence-corrected chi connectivity index (χ0v) is 23.0. The highest BCUT2D eigenvalue weighted by atomic mass is 35.5. The Morgan fingerprint density at radius 1 is 1.07 bits per heavy atom. The van der Waals surface area contributed by atoms with Crippen LogP contribution in [0.4, 0.5) is 5.82 Å². The van der Waals surface area contributed by atoms with Crippen molar-refractivity contribution in [3.05, 3.63) is 104 Å². The number of ether oxygens (including phenoxy) is 2. The summed E-state index contributed by atoms with van der Waals surface area (Å²) in [5, 5.41) is 7.84. The average molecular weight is 579 g/mol. The Bertz CT molecular complexity index is 1740. The second kappa shape index (κ2) is 11.6. The summed E-state index contributed by atoms with van der Waals surface area (Å²) in [6.45, 7) is 0.165. The van der Waals surface area contributed by atoms with Gasteiger partial charge in [0.05, 0.1) is 54.6 Å². The minimum atomic E-state index is -0.435. The molecule has 0 aliphatic carbocycles. The maximum atomic E-state index is 13.7. The van der Waals surface area contributed by atoms with Gasteiger partial charge in [0.25, 0.3) is 11.5 Å². The van der Waals surface area contributed by atoms with Gasteiger partial charge in [0.1, 0.15) is 29.3 Å². The van der Waals surface area contributed by atoms with Gasteiger partial charge in [-0.3, -0.25) is 14.4 Å². The van der Waals surface area contributed by atoms with Crippen molar-refractivity contribution < 1.29 is 23.5 Å². The van der Waals surface area contributed by atoms with Crippen molar-refractivity contribution in [2.45, 2.75) is 13.1 Å². The van der Waals surface area contributed by atoms with Gasteiger partial charge >= 0.3 is 0 Å². The van der Waals surface area contributed by atoms with E-state index in [0.717, 1.165) is 4.88 Å². The van der Waals surface area contributed by atoms with E-state index in [1.165, 1.54) is 65.7 Å². The number of ketones is 1. The first-order chi connectivity index (χ1) is 19.4. The lowest BCUT2D eigenvalue weighted by molar-refractivity contribution is 0.0942. The fourth-order valence-corrected chi connectivity index (χ4v) is 5.09. The molecule has 4 aromatic heterocycles. The Morgan fingerprint density at radius 2 is 1.88 bits per heavy atom. The molecule has 0 radical (unpaired) electrons. The van der Waals surface area contributed by atoms with E-state index in [9.17, 15) is 14.4 Å². The molecule has 0 saturated heterocycles. The Labute approximate surface area is 237 Å². The van der Waals surface area contributed by atoms with E-state index in [2.05, 4.69) is 10.4 Å². The molecule has 10 nitrogen and oxygen atoms in total. The van der Waals surface area contributed by atoms with Crippen LogP contribution in [0.1, 0.15) is 25.6 Å². The molecule has 4 heterocycles. The van der Waals surface area contributed by atoms with Crippen molar-refractivity contribution in [3.8, 4) is 22.8 Å². The Hall–Kier alpha value is -4.61. The number of aromatic nitrogens is 3. The van der Waals surface area contributed by atoms with Gasteiger partial charge in [-0.2, -0.15) is 9.78 Å². The predicted octanol–water partition coefficient (Wildman–Crippen LogP) is 5.22. The monoisotopic (exact) mass is 578 g/mol. The first-order valence-electron chi connectivity index (χ1n) is 12.0. The molecule has 0 aliphatic rings. The number of rotatable bonds is 10. The zero-order chi connectivity index (χ0) is 28.2. The minimum Gasteiger partial charge on any atom is -0.496 e. The number of carbonyl (C=O) groups excluding carboxylic acids is 2. The first kappa shape index (κ1) is 27.0. The molecule has 5 aromatic rings. The summed E-state index contributed by atoms with van der Waals surface area (Å²) in [4.78, 5) is 40.1. The van der Waals surface area contributed by atoms with Crippen LogP contribution in [-0.2, 0) is 13.1 Å². The van der Waals surface area contributed by atoms with E-state index < -0.39 is 11.5 Å². The van der Waals surface area contributed by atoms with Crippen LogP contribution in [0.15, 0.2) is 82.5 Å². The van der Waals surface area contributed by atoms with E-state index in [0.29, 0.717) is 44.8 Å². The third-order valence-corrected chi connectivity index (χ3v) is 7.28. The van der Waals surface area contributed by atoms with E-state index in [1.807, 2.05) is 6.07 Å². The summed E-state index contributed by atoms with van der Waals surface area (Å²) in [5.41, 5.74) is 0.975. The lowest BCUT2D eigenvalue weighted by Gasteiger charge is -2.11. The number of hydrogen-bond donors (Lipinski definition) is 1. The highest BCUT2D eigenvalue weighted by Gasteiger charge is 2.23. The molecule has 0 spiro atoms. The van der Waals surface area contributed by atoms with Crippen LogP contribution < -0.4 is 20.3 Å². The van der Waals surface area contributed by atoms with Gasteiger partial charge in [-0.05, 0) is 30.3 Å². The normalized spacial score (nSPS) is 10.9. The van der Waals surface area contributed by atoms with E-state index in [-0.39, 0.29) is 18.1 Å². The van der Waals surface area contributed by atoms with Crippen molar-refractivity contribution in [3.63, 3.8) is 0 Å². The van der Waals surface area contributed by atoms with Crippen molar-refractivity contribution in [1.82, 2.24) is 14.3 Å². The van der Waals surface area contributed by atoms with Gasteiger partial charge in [0, 0.05) is 23.2 Å². The number of nitrogens with zero attached hydrogens (tertiary/aromatic N) is 3. The van der Waals surface area contributed by atoms with Crippen LogP contribution in [-0.4, -0.2) is 40.3 Å². The number of hydrogen-bond acceptors (Lipinski definition) is 9. The molecule has 5 rings (SSSR count). The lowest BCUT2D eigenvalue weighted by atomic mass is 10.1. The molecule has 0 bridgehead atoms. The van der Waals surface area contributed by atoms with Crippen molar-refractivity contribution in [2.24, 2.45) is 0 Å². The summed E-state index contributed by atoms with van der Waals surface area (Å²) in [6.07, 6.45) is 4.20. The van der Waals surface area contributed by atoms with Crippen molar-refractivity contribution in [2.75, 3.05) is 19.5 Å². The molecule has 1 aromatic carbocycles. The standard InChI is InChI=1S/C28H23ClN4O6S/c1-37-23-6-4-3-5-19(23)28(36)33-26(30-13-18-7-8-25(29)40-18)11-21(31-33)20-14-32(27(35)12-24(20)38-2)15-22(34)17-9-10-39-16-17/h3-12,14,16,30H,13,15H2,1-2H3.